The summed E-state index contributed by atoms with van der Waals surface area (Å²) in [6.45, 7) is 7.51. The highest BCUT2D eigenvalue weighted by molar-refractivity contribution is 5.82. The Hall–Kier alpha value is -3.39. The Kier molecular flexibility index (Phi) is 6.00. The smallest absolute Gasteiger partial charge is 0.244 e. The molecule has 0 N–H and O–H groups in total. The van der Waals surface area contributed by atoms with Crippen molar-refractivity contribution in [2.75, 3.05) is 39.3 Å². The van der Waals surface area contributed by atoms with Crippen molar-refractivity contribution in [3.8, 4) is 5.75 Å². The molecule has 2 amide bonds. The van der Waals surface area contributed by atoms with Gasteiger partial charge in [-0.05, 0) is 23.8 Å². The first-order valence-corrected chi connectivity index (χ1v) is 11.5. The van der Waals surface area contributed by atoms with Crippen LogP contribution in [0.3, 0.4) is 0 Å². The van der Waals surface area contributed by atoms with E-state index in [2.05, 4.69) is 22.1 Å². The molecular weight excluding hydrogens is 418 g/mol. The molecule has 1 aromatic heterocycles. The summed E-state index contributed by atoms with van der Waals surface area (Å²) < 4.78 is 7.71. The Bertz CT molecular complexity index is 1170. The molecule has 0 radical (unpaired) electrons. The number of aromatic nitrogens is 2. The normalized spacial score (nSPS) is 16.9. The molecule has 0 bridgehead atoms. The van der Waals surface area contributed by atoms with Crippen LogP contribution >= 0.6 is 0 Å². The van der Waals surface area contributed by atoms with Crippen LogP contribution in [-0.2, 0) is 29.2 Å². The van der Waals surface area contributed by atoms with Crippen LogP contribution in [0.2, 0.25) is 0 Å². The second kappa shape index (κ2) is 9.23. The molecule has 2 aliphatic heterocycles. The van der Waals surface area contributed by atoms with E-state index in [0.717, 1.165) is 54.9 Å². The van der Waals surface area contributed by atoms with Crippen LogP contribution in [0.4, 0.5) is 0 Å². The van der Waals surface area contributed by atoms with Gasteiger partial charge in [-0.2, -0.15) is 5.10 Å². The Morgan fingerprint density at radius 1 is 1.00 bits per heavy atom. The number of benzene rings is 2. The van der Waals surface area contributed by atoms with Gasteiger partial charge < -0.3 is 14.5 Å². The molecule has 0 unspecified atom stereocenters. The summed E-state index contributed by atoms with van der Waals surface area (Å²) in [5.41, 5.74) is 3.19. The molecule has 2 aromatic carbocycles. The monoisotopic (exact) mass is 447 g/mol. The van der Waals surface area contributed by atoms with Crippen LogP contribution in [0.25, 0.3) is 10.9 Å². The summed E-state index contributed by atoms with van der Waals surface area (Å²) in [5, 5.41) is 5.43. The third-order valence-electron chi connectivity index (χ3n) is 6.52. The zero-order valence-electron chi connectivity index (χ0n) is 18.9. The number of para-hydroxylation sites is 1. The van der Waals surface area contributed by atoms with Gasteiger partial charge in [0, 0.05) is 57.1 Å². The van der Waals surface area contributed by atoms with Crippen LogP contribution < -0.4 is 4.74 Å². The van der Waals surface area contributed by atoms with Gasteiger partial charge in [-0.1, -0.05) is 24.3 Å². The SMILES string of the molecule is CC(=O)N1CCN(Cc2ccc3c(c2)CN(C(=O)Cn2ncc4ccccc42)CCO3)CC1. The molecule has 2 aliphatic rings. The highest BCUT2D eigenvalue weighted by Gasteiger charge is 2.22. The van der Waals surface area contributed by atoms with E-state index >= 15 is 0 Å². The highest BCUT2D eigenvalue weighted by Crippen LogP contribution is 2.26. The molecule has 0 aliphatic carbocycles. The van der Waals surface area contributed by atoms with Crippen LogP contribution in [0.1, 0.15) is 18.1 Å². The molecule has 33 heavy (non-hydrogen) atoms. The molecule has 172 valence electrons. The fourth-order valence-electron chi connectivity index (χ4n) is 4.62. The number of amides is 2. The van der Waals surface area contributed by atoms with Gasteiger partial charge in [-0.3, -0.25) is 19.2 Å². The van der Waals surface area contributed by atoms with E-state index in [1.165, 1.54) is 5.56 Å². The van der Waals surface area contributed by atoms with Gasteiger partial charge in [0.1, 0.15) is 18.9 Å². The Morgan fingerprint density at radius 3 is 2.64 bits per heavy atom. The molecule has 1 saturated heterocycles. The van der Waals surface area contributed by atoms with Gasteiger partial charge in [0.05, 0.1) is 18.3 Å². The van der Waals surface area contributed by atoms with Crippen molar-refractivity contribution in [2.45, 2.75) is 26.6 Å². The first kappa shape index (κ1) is 21.5. The number of ether oxygens (including phenoxy) is 1. The first-order chi connectivity index (χ1) is 16.1. The van der Waals surface area contributed by atoms with Crippen molar-refractivity contribution in [1.82, 2.24) is 24.5 Å². The van der Waals surface area contributed by atoms with E-state index in [-0.39, 0.29) is 18.4 Å². The van der Waals surface area contributed by atoms with E-state index in [1.807, 2.05) is 40.1 Å². The molecule has 3 aromatic rings. The Labute approximate surface area is 193 Å². The van der Waals surface area contributed by atoms with Crippen LogP contribution in [0.15, 0.2) is 48.7 Å². The molecule has 8 nitrogen and oxygen atoms in total. The largest absolute Gasteiger partial charge is 0.491 e. The molecule has 0 saturated carbocycles. The predicted octanol–water partition coefficient (Wildman–Crippen LogP) is 2.12. The number of carbonyl (C=O) groups excluding carboxylic acids is 2. The summed E-state index contributed by atoms with van der Waals surface area (Å²) in [5.74, 6) is 1.02. The van der Waals surface area contributed by atoms with Crippen LogP contribution in [0.5, 0.6) is 5.75 Å². The number of rotatable bonds is 4. The molecule has 0 spiro atoms. The van der Waals surface area contributed by atoms with E-state index in [4.69, 9.17) is 4.74 Å². The van der Waals surface area contributed by atoms with Gasteiger partial charge in [-0.25, -0.2) is 0 Å². The maximum absolute atomic E-state index is 13.1. The number of hydrogen-bond donors (Lipinski definition) is 0. The molecule has 3 heterocycles. The molecule has 5 rings (SSSR count). The topological polar surface area (TPSA) is 70.9 Å². The van der Waals surface area contributed by atoms with Crippen molar-refractivity contribution < 1.29 is 14.3 Å². The van der Waals surface area contributed by atoms with Crippen molar-refractivity contribution >= 4 is 22.7 Å². The Balaban J connectivity index is 1.26. The second-order valence-electron chi connectivity index (χ2n) is 8.75. The molecular formula is C25H29N5O3. The Morgan fingerprint density at radius 2 is 1.82 bits per heavy atom. The molecule has 8 heteroatoms. The maximum Gasteiger partial charge on any atom is 0.244 e. The highest BCUT2D eigenvalue weighted by atomic mass is 16.5. The van der Waals surface area contributed by atoms with Crippen molar-refractivity contribution in [3.63, 3.8) is 0 Å². The summed E-state index contributed by atoms with van der Waals surface area (Å²) in [6.07, 6.45) is 1.80. The molecule has 1 fully saturated rings. The third-order valence-corrected chi connectivity index (χ3v) is 6.52. The number of nitrogens with zero attached hydrogens (tertiary/aromatic N) is 5. The van der Waals surface area contributed by atoms with E-state index in [1.54, 1.807) is 17.8 Å². The fourth-order valence-corrected chi connectivity index (χ4v) is 4.62. The van der Waals surface area contributed by atoms with Crippen molar-refractivity contribution in [1.29, 1.82) is 0 Å². The number of hydrogen-bond acceptors (Lipinski definition) is 5. The average molecular weight is 448 g/mol. The van der Waals surface area contributed by atoms with E-state index in [9.17, 15) is 9.59 Å². The summed E-state index contributed by atoms with van der Waals surface area (Å²) in [4.78, 5) is 30.8. The molecule has 0 atom stereocenters. The predicted molar refractivity (Wildman–Crippen MR) is 125 cm³/mol. The maximum atomic E-state index is 13.1. The average Bonchev–Trinajstić information content (AvgIpc) is 3.09. The number of piperazine rings is 1. The lowest BCUT2D eigenvalue weighted by atomic mass is 10.1. The van der Waals surface area contributed by atoms with Gasteiger partial charge in [-0.15, -0.1) is 0 Å². The summed E-state index contributed by atoms with van der Waals surface area (Å²) in [6, 6.07) is 14.2. The van der Waals surface area contributed by atoms with Gasteiger partial charge in [0.15, 0.2) is 0 Å². The van der Waals surface area contributed by atoms with E-state index in [0.29, 0.717) is 19.7 Å². The van der Waals surface area contributed by atoms with Gasteiger partial charge >= 0.3 is 0 Å². The first-order valence-electron chi connectivity index (χ1n) is 11.5. The minimum absolute atomic E-state index is 0.0334. The minimum atomic E-state index is 0.0334. The summed E-state index contributed by atoms with van der Waals surface area (Å²) >= 11 is 0. The van der Waals surface area contributed by atoms with Gasteiger partial charge in [0.2, 0.25) is 11.8 Å². The van der Waals surface area contributed by atoms with Crippen LogP contribution in [0, 0.1) is 0 Å². The minimum Gasteiger partial charge on any atom is -0.491 e. The van der Waals surface area contributed by atoms with E-state index < -0.39 is 0 Å². The standard InChI is InChI=1S/C25H29N5O3/c1-19(31)28-10-8-27(9-11-28)16-20-6-7-24-22(14-20)17-29(12-13-33-24)25(32)18-30-23-5-3-2-4-21(23)15-26-30/h2-7,14-15H,8-13,16-18H2,1H3. The second-order valence-corrected chi connectivity index (χ2v) is 8.75. The number of fused-ring (bicyclic) bond motifs is 2. The van der Waals surface area contributed by atoms with Gasteiger partial charge in [0.25, 0.3) is 0 Å². The van der Waals surface area contributed by atoms with Crippen LogP contribution in [-0.4, -0.2) is 75.6 Å². The zero-order valence-corrected chi connectivity index (χ0v) is 18.9. The lowest BCUT2D eigenvalue weighted by molar-refractivity contribution is -0.133. The fraction of sp³-hybridized carbons (Fsp3) is 0.400. The lowest BCUT2D eigenvalue weighted by Gasteiger charge is -2.34. The lowest BCUT2D eigenvalue weighted by Crippen LogP contribution is -2.47. The quantitative estimate of drug-likeness (QED) is 0.613. The zero-order chi connectivity index (χ0) is 22.8. The summed E-state index contributed by atoms with van der Waals surface area (Å²) in [7, 11) is 0. The van der Waals surface area contributed by atoms with Crippen molar-refractivity contribution in [2.24, 2.45) is 0 Å². The number of carbonyl (C=O) groups is 2. The van der Waals surface area contributed by atoms with Crippen molar-refractivity contribution in [3.05, 3.63) is 59.8 Å². The third kappa shape index (κ3) is 4.71.